The maximum absolute atomic E-state index is 13.3. The van der Waals surface area contributed by atoms with E-state index < -0.39 is 21.5 Å². The molecule has 0 saturated heterocycles. The molecular weight excluding hydrogens is 236 g/mol. The molecule has 16 heavy (non-hydrogen) atoms. The summed E-state index contributed by atoms with van der Waals surface area (Å²) in [7, 11) is -3.55. The van der Waals surface area contributed by atoms with Crippen molar-refractivity contribution in [2.24, 2.45) is 5.73 Å². The Morgan fingerprint density at radius 2 is 1.94 bits per heavy atom. The lowest BCUT2D eigenvalue weighted by atomic mass is 10.1. The van der Waals surface area contributed by atoms with E-state index in [1.807, 2.05) is 0 Å². The third-order valence-electron chi connectivity index (χ3n) is 2.05. The summed E-state index contributed by atoms with van der Waals surface area (Å²) in [6.45, 7) is 1.63. The predicted molar refractivity (Wildman–Crippen MR) is 56.8 cm³/mol. The van der Waals surface area contributed by atoms with Crippen LogP contribution in [0.1, 0.15) is 12.5 Å². The number of hydrogen-bond donors (Lipinski definition) is 1. The summed E-state index contributed by atoms with van der Waals surface area (Å²) < 4.78 is 48.9. The monoisotopic (exact) mass is 249 g/mol. The van der Waals surface area contributed by atoms with Crippen molar-refractivity contribution in [3.63, 3.8) is 0 Å². The summed E-state index contributed by atoms with van der Waals surface area (Å²) in [6.07, 6.45) is 1.03. The highest BCUT2D eigenvalue weighted by atomic mass is 32.2. The Hall–Kier alpha value is -1.01. The number of halogens is 2. The molecule has 1 aromatic rings. The lowest BCUT2D eigenvalue weighted by Gasteiger charge is -2.09. The van der Waals surface area contributed by atoms with E-state index >= 15 is 0 Å². The Bertz CT molecular complexity index is 498. The molecule has 1 unspecified atom stereocenters. The molecule has 0 radical (unpaired) electrons. The van der Waals surface area contributed by atoms with Gasteiger partial charge >= 0.3 is 0 Å². The minimum Gasteiger partial charge on any atom is -0.328 e. The summed E-state index contributed by atoms with van der Waals surface area (Å²) in [5.41, 5.74) is 5.45. The van der Waals surface area contributed by atoms with Gasteiger partial charge < -0.3 is 5.73 Å². The molecule has 6 heteroatoms. The highest BCUT2D eigenvalue weighted by Gasteiger charge is 2.16. The number of rotatable bonds is 3. The van der Waals surface area contributed by atoms with Crippen molar-refractivity contribution in [2.75, 3.05) is 6.26 Å². The van der Waals surface area contributed by atoms with Crippen LogP contribution in [0, 0.1) is 11.6 Å². The molecule has 0 heterocycles. The molecule has 2 N–H and O–H groups in total. The fraction of sp³-hybridized carbons (Fsp3) is 0.400. The van der Waals surface area contributed by atoms with Crippen LogP contribution < -0.4 is 5.73 Å². The van der Waals surface area contributed by atoms with Gasteiger partial charge in [0, 0.05) is 12.3 Å². The van der Waals surface area contributed by atoms with Crippen LogP contribution in [-0.2, 0) is 16.3 Å². The third kappa shape index (κ3) is 2.99. The summed E-state index contributed by atoms with van der Waals surface area (Å²) in [6, 6.07) is 1.43. The van der Waals surface area contributed by atoms with Gasteiger partial charge in [-0.3, -0.25) is 0 Å². The Morgan fingerprint density at radius 3 is 2.38 bits per heavy atom. The molecule has 1 aromatic carbocycles. The van der Waals surface area contributed by atoms with Crippen LogP contribution in [0.15, 0.2) is 17.0 Å². The van der Waals surface area contributed by atoms with Gasteiger partial charge in [-0.25, -0.2) is 17.2 Å². The second-order valence-electron chi connectivity index (χ2n) is 3.83. The fourth-order valence-corrected chi connectivity index (χ4v) is 2.00. The van der Waals surface area contributed by atoms with E-state index in [0.717, 1.165) is 12.3 Å². The van der Waals surface area contributed by atoms with E-state index in [4.69, 9.17) is 5.73 Å². The smallest absolute Gasteiger partial charge is 0.175 e. The van der Waals surface area contributed by atoms with Crippen molar-refractivity contribution in [3.8, 4) is 0 Å². The van der Waals surface area contributed by atoms with Gasteiger partial charge in [0.1, 0.15) is 0 Å². The van der Waals surface area contributed by atoms with E-state index in [2.05, 4.69) is 0 Å². The van der Waals surface area contributed by atoms with E-state index in [9.17, 15) is 17.2 Å². The van der Waals surface area contributed by atoms with Gasteiger partial charge in [0.05, 0.1) is 4.90 Å². The zero-order valence-electron chi connectivity index (χ0n) is 9.00. The van der Waals surface area contributed by atoms with Crippen molar-refractivity contribution in [1.82, 2.24) is 0 Å². The van der Waals surface area contributed by atoms with Gasteiger partial charge in [-0.1, -0.05) is 0 Å². The summed E-state index contributed by atoms with van der Waals surface area (Å²) in [5, 5.41) is 0. The molecular formula is C10H13F2NO2S. The second kappa shape index (κ2) is 4.47. The number of hydrogen-bond acceptors (Lipinski definition) is 3. The van der Waals surface area contributed by atoms with Gasteiger partial charge in [-0.15, -0.1) is 0 Å². The minimum atomic E-state index is -3.55. The van der Waals surface area contributed by atoms with Crippen molar-refractivity contribution < 1.29 is 17.2 Å². The molecule has 90 valence electrons. The van der Waals surface area contributed by atoms with Crippen molar-refractivity contribution >= 4 is 9.84 Å². The lowest BCUT2D eigenvalue weighted by Crippen LogP contribution is -2.19. The molecule has 0 amide bonds. The zero-order chi connectivity index (χ0) is 12.5. The van der Waals surface area contributed by atoms with Crippen molar-refractivity contribution in [3.05, 3.63) is 29.3 Å². The minimum absolute atomic E-state index is 0.0181. The first-order valence-electron chi connectivity index (χ1n) is 4.65. The van der Waals surface area contributed by atoms with Gasteiger partial charge in [-0.05, 0) is 31.0 Å². The highest BCUT2D eigenvalue weighted by molar-refractivity contribution is 7.90. The van der Waals surface area contributed by atoms with Crippen LogP contribution in [0.2, 0.25) is 0 Å². The molecule has 0 bridgehead atoms. The molecule has 0 aliphatic carbocycles. The predicted octanol–water partition coefficient (Wildman–Crippen LogP) is 1.26. The summed E-state index contributed by atoms with van der Waals surface area (Å²) in [5.74, 6) is -2.21. The van der Waals surface area contributed by atoms with E-state index in [-0.39, 0.29) is 22.9 Å². The third-order valence-corrected chi connectivity index (χ3v) is 3.14. The summed E-state index contributed by atoms with van der Waals surface area (Å²) >= 11 is 0. The van der Waals surface area contributed by atoms with Gasteiger partial charge in [0.25, 0.3) is 0 Å². The first-order valence-corrected chi connectivity index (χ1v) is 6.54. The topological polar surface area (TPSA) is 60.2 Å². The van der Waals surface area contributed by atoms with Gasteiger partial charge in [0.2, 0.25) is 0 Å². The average Bonchev–Trinajstić information content (AvgIpc) is 2.10. The number of benzene rings is 1. The molecule has 0 aliphatic rings. The Labute approximate surface area is 93.2 Å². The zero-order valence-corrected chi connectivity index (χ0v) is 9.81. The van der Waals surface area contributed by atoms with E-state index in [0.29, 0.717) is 6.07 Å². The molecule has 3 nitrogen and oxygen atoms in total. The highest BCUT2D eigenvalue weighted by Crippen LogP contribution is 2.19. The Kier molecular flexibility index (Phi) is 3.64. The number of sulfone groups is 1. The van der Waals surface area contributed by atoms with Crippen molar-refractivity contribution in [2.45, 2.75) is 24.3 Å². The summed E-state index contributed by atoms with van der Waals surface area (Å²) in [4.78, 5) is -0.234. The van der Waals surface area contributed by atoms with E-state index in [1.54, 1.807) is 6.92 Å². The van der Waals surface area contributed by atoms with Crippen LogP contribution in [0.25, 0.3) is 0 Å². The first-order chi connectivity index (χ1) is 7.21. The molecule has 0 saturated carbocycles. The van der Waals surface area contributed by atoms with Crippen LogP contribution in [0.4, 0.5) is 8.78 Å². The molecule has 0 aliphatic heterocycles. The second-order valence-corrected chi connectivity index (χ2v) is 5.85. The fourth-order valence-electron chi connectivity index (χ4n) is 1.33. The van der Waals surface area contributed by atoms with Crippen molar-refractivity contribution in [1.29, 1.82) is 0 Å². The Balaban J connectivity index is 3.33. The van der Waals surface area contributed by atoms with Crippen LogP contribution in [-0.4, -0.2) is 20.7 Å². The van der Waals surface area contributed by atoms with Crippen LogP contribution >= 0.6 is 0 Å². The Morgan fingerprint density at radius 1 is 1.38 bits per heavy atom. The first kappa shape index (κ1) is 13.1. The number of nitrogens with two attached hydrogens (primary N) is 1. The van der Waals surface area contributed by atoms with Gasteiger partial charge in [0.15, 0.2) is 21.5 Å². The maximum Gasteiger partial charge on any atom is 0.175 e. The molecule has 1 rings (SSSR count). The normalized spacial score (nSPS) is 13.8. The standard InChI is InChI=1S/C10H13F2NO2S/c1-6(13)3-7-4-8(16(2,14)15)5-9(11)10(7)12/h4-6H,3,13H2,1-2H3. The van der Waals surface area contributed by atoms with Gasteiger partial charge in [-0.2, -0.15) is 0 Å². The van der Waals surface area contributed by atoms with Crippen LogP contribution in [0.3, 0.4) is 0 Å². The largest absolute Gasteiger partial charge is 0.328 e. The molecule has 0 spiro atoms. The average molecular weight is 249 g/mol. The lowest BCUT2D eigenvalue weighted by molar-refractivity contribution is 0.490. The maximum atomic E-state index is 13.3. The van der Waals surface area contributed by atoms with Crippen LogP contribution in [0.5, 0.6) is 0 Å². The SMILES string of the molecule is CC(N)Cc1cc(S(C)(=O)=O)cc(F)c1F. The molecule has 0 aromatic heterocycles. The van der Waals surface area contributed by atoms with E-state index in [1.165, 1.54) is 0 Å². The molecule has 1 atom stereocenters. The molecule has 0 fully saturated rings. The quantitative estimate of drug-likeness (QED) is 0.820.